The van der Waals surface area contributed by atoms with E-state index in [0.717, 1.165) is 6.92 Å². The number of aliphatic hydroxyl groups excluding tert-OH is 2. The van der Waals surface area contributed by atoms with E-state index in [-0.39, 0.29) is 78.5 Å². The van der Waals surface area contributed by atoms with Gasteiger partial charge in [-0.15, -0.1) is 0 Å². The normalized spacial score (nSPS) is 13.6. The third-order valence-corrected chi connectivity index (χ3v) is 17.8. The molecule has 0 heterocycles. The molecule has 0 aliphatic heterocycles. The van der Waals surface area contributed by atoms with Crippen LogP contribution in [0.5, 0.6) is 0 Å². The van der Waals surface area contributed by atoms with Gasteiger partial charge < -0.3 is 114 Å². The molecule has 640 valence electrons. The first kappa shape index (κ1) is 94.6. The van der Waals surface area contributed by atoms with Crippen molar-refractivity contribution in [1.29, 1.82) is 0 Å². The molecule has 0 unspecified atom stereocenters. The van der Waals surface area contributed by atoms with E-state index in [1.54, 1.807) is 196 Å². The van der Waals surface area contributed by atoms with E-state index in [2.05, 4.69) is 69.1 Å². The first-order chi connectivity index (χ1) is 57.1. The van der Waals surface area contributed by atoms with Crippen LogP contribution in [0.25, 0.3) is 0 Å². The lowest BCUT2D eigenvalue weighted by atomic mass is 10.00. The van der Waals surface area contributed by atoms with E-state index in [0.29, 0.717) is 33.4 Å². The predicted molar refractivity (Wildman–Crippen MR) is 430 cm³/mol. The third-order valence-electron chi connectivity index (χ3n) is 17.8. The Morgan fingerprint density at radius 2 is 0.538 bits per heavy atom. The molecule has 0 aliphatic rings. The number of hydrogen-bond donors (Lipinski definition) is 17. The van der Waals surface area contributed by atoms with Crippen molar-refractivity contribution >= 4 is 83.7 Å². The minimum absolute atomic E-state index is 0.139. The molecule has 6 aromatic rings. The Morgan fingerprint density at radius 1 is 0.294 bits per heavy atom. The highest BCUT2D eigenvalue weighted by atomic mass is 16.6. The Bertz CT molecular complexity index is 4220. The van der Waals surface area contributed by atoms with E-state index in [4.69, 9.17) is 29.4 Å². The summed E-state index contributed by atoms with van der Waals surface area (Å²) in [5.74, 6) is -10.6. The number of nitrogens with one attached hydrogen (secondary N) is 13. The quantitative estimate of drug-likeness (QED) is 0.0244. The Morgan fingerprint density at radius 3 is 0.824 bits per heavy atom. The molecule has 0 aliphatic carbocycles. The summed E-state index contributed by atoms with van der Waals surface area (Å²) < 4.78 is 26.7. The summed E-state index contributed by atoms with van der Waals surface area (Å²) >= 11 is 0. The number of carbonyl (C=O) groups excluding carboxylic acids is 13. The summed E-state index contributed by atoms with van der Waals surface area (Å²) in [6, 6.07) is 36.0. The standard InChI is InChI=1S/C83H106N14O22/c1-52(2)45-66(75(105)92-63(37-42-86-80(111)116-48-57-27-15-7-16-28-57)72(102)91-65(74(104)96-69(54(4)99)78(108)109)39-44-88-82(113)118-50-59-31-19-9-20-32-59)94-76(106)67(46-55-23-11-5-12-24-55)95-70(100)61(35-40-84)89-71(101)62(36-41-85-79(110)115-47-56-25-13-6-14-26-56)90-73(103)64(38-43-87-81(112)117-49-58-29-17-8-18-30-58)93-77(107)68(53(3)98)97-83(114)119-51-60-33-21-10-22-34-60/h5-34,52-54,61-69,98-99H,35-51,84H2,1-4H3,(H,85,110)(H,86,111)(H,87,112)(H,88,113)(H,89,101)(H,90,103)(H,91,102)(H,92,105)(H,93,107)(H,94,106)(H,95,100)(H,96,104)(H,97,114)(H,108,109)/t53-,54-,61+,62+,63+,64+,65+,66+,67-,68+,69+/m1/s1. The highest BCUT2D eigenvalue weighted by molar-refractivity contribution is 5.98. The molecule has 18 N–H and O–H groups in total. The van der Waals surface area contributed by atoms with Crippen LogP contribution in [0.4, 0.5) is 24.0 Å². The highest BCUT2D eigenvalue weighted by Crippen LogP contribution is 2.14. The minimum atomic E-state index is -1.89. The molecule has 0 saturated carbocycles. The molecular weight excluding hydrogens is 1540 g/mol. The summed E-state index contributed by atoms with van der Waals surface area (Å²) in [4.78, 5) is 195. The zero-order chi connectivity index (χ0) is 86.4. The summed E-state index contributed by atoms with van der Waals surface area (Å²) in [6.07, 6.45) is -10.6. The maximum absolute atomic E-state index is 15.1. The van der Waals surface area contributed by atoms with Gasteiger partial charge in [-0.3, -0.25) is 38.4 Å². The maximum atomic E-state index is 15.1. The van der Waals surface area contributed by atoms with Gasteiger partial charge in [0, 0.05) is 32.6 Å². The van der Waals surface area contributed by atoms with E-state index in [9.17, 15) is 77.6 Å². The monoisotopic (exact) mass is 1650 g/mol. The van der Waals surface area contributed by atoms with Crippen LogP contribution in [-0.2, 0) is 106 Å². The average molecular weight is 1650 g/mol. The van der Waals surface area contributed by atoms with Gasteiger partial charge in [-0.1, -0.05) is 196 Å². The maximum Gasteiger partial charge on any atom is 0.408 e. The fraction of sp³-hybridized carbons (Fsp3) is 0.398. The first-order valence-electron chi connectivity index (χ1n) is 38.7. The fourth-order valence-electron chi connectivity index (χ4n) is 11.5. The van der Waals surface area contributed by atoms with Crippen molar-refractivity contribution in [3.05, 3.63) is 215 Å². The van der Waals surface area contributed by atoms with Gasteiger partial charge in [0.15, 0.2) is 6.04 Å². The van der Waals surface area contributed by atoms with Gasteiger partial charge in [0.05, 0.1) is 12.2 Å². The zero-order valence-corrected chi connectivity index (χ0v) is 66.4. The van der Waals surface area contributed by atoms with Crippen LogP contribution in [0.15, 0.2) is 182 Å². The van der Waals surface area contributed by atoms with Gasteiger partial charge in [0.2, 0.25) is 47.3 Å². The summed E-state index contributed by atoms with van der Waals surface area (Å²) in [5, 5.41) is 63.6. The number of amides is 13. The highest BCUT2D eigenvalue weighted by Gasteiger charge is 2.37. The van der Waals surface area contributed by atoms with E-state index < -0.39 is 188 Å². The second-order valence-corrected chi connectivity index (χ2v) is 27.9. The van der Waals surface area contributed by atoms with Crippen LogP contribution >= 0.6 is 0 Å². The van der Waals surface area contributed by atoms with Crippen LogP contribution in [0.1, 0.15) is 99.6 Å². The van der Waals surface area contributed by atoms with Gasteiger partial charge >= 0.3 is 36.4 Å². The van der Waals surface area contributed by atoms with Crippen molar-refractivity contribution in [2.45, 2.75) is 172 Å². The number of benzene rings is 6. The Hall–Kier alpha value is -13.2. The molecule has 0 spiro atoms. The predicted octanol–water partition coefficient (Wildman–Crippen LogP) is 2.91. The van der Waals surface area contributed by atoms with Crippen molar-refractivity contribution in [3.63, 3.8) is 0 Å². The van der Waals surface area contributed by atoms with Crippen LogP contribution in [0.3, 0.4) is 0 Å². The van der Waals surface area contributed by atoms with Gasteiger partial charge in [0.25, 0.3) is 0 Å². The van der Waals surface area contributed by atoms with Gasteiger partial charge in [-0.2, -0.15) is 0 Å². The number of ether oxygens (including phenoxy) is 5. The van der Waals surface area contributed by atoms with Crippen molar-refractivity contribution in [2.24, 2.45) is 11.7 Å². The molecule has 0 saturated heterocycles. The minimum Gasteiger partial charge on any atom is -0.480 e. The van der Waals surface area contributed by atoms with Gasteiger partial charge in [-0.25, -0.2) is 28.8 Å². The number of aliphatic hydroxyl groups is 2. The SMILES string of the molecule is CC(C)C[C@H](NC(=O)[C@@H](Cc1ccccc1)NC(=O)[C@H](CCN)NC(=O)[C@H](CCNC(=O)OCc1ccccc1)NC(=O)[C@H](CCNC(=O)OCc1ccccc1)NC(=O)[C@@H](NC(=O)OCc1ccccc1)[C@@H](C)O)C(=O)N[C@@H](CCNC(=O)OCc1ccccc1)C(=O)N[C@@H](CCNC(=O)OCc1ccccc1)C(=O)N[C@H](C(=O)O)[C@@H](C)O. The van der Waals surface area contributed by atoms with Crippen molar-refractivity contribution in [1.82, 2.24) is 69.1 Å². The average Bonchev–Trinajstić information content (AvgIpc) is 0.852. The molecule has 6 rings (SSSR count). The molecule has 11 atom stereocenters. The lowest BCUT2D eigenvalue weighted by Crippen LogP contribution is -2.61. The number of nitrogens with two attached hydrogens (primary N) is 1. The lowest BCUT2D eigenvalue weighted by molar-refractivity contribution is -0.145. The fourth-order valence-corrected chi connectivity index (χ4v) is 11.5. The summed E-state index contributed by atoms with van der Waals surface area (Å²) in [6.45, 7) is 3.05. The Balaban J connectivity index is 1.27. The number of carboxylic acids is 1. The lowest BCUT2D eigenvalue weighted by Gasteiger charge is -2.29. The molecule has 0 bridgehead atoms. The smallest absolute Gasteiger partial charge is 0.408 e. The molecule has 119 heavy (non-hydrogen) atoms. The van der Waals surface area contributed by atoms with Crippen LogP contribution in [0.2, 0.25) is 0 Å². The largest absolute Gasteiger partial charge is 0.480 e. The molecule has 0 aromatic heterocycles. The second-order valence-electron chi connectivity index (χ2n) is 27.9. The molecular formula is C83H106N14O22. The van der Waals surface area contributed by atoms with Crippen LogP contribution < -0.4 is 74.9 Å². The van der Waals surface area contributed by atoms with Crippen molar-refractivity contribution < 1.29 is 106 Å². The molecule has 0 radical (unpaired) electrons. The third kappa shape index (κ3) is 36.2. The van der Waals surface area contributed by atoms with Crippen LogP contribution in [-0.4, -0.2) is 198 Å². The zero-order valence-electron chi connectivity index (χ0n) is 66.4. The summed E-state index contributed by atoms with van der Waals surface area (Å²) in [7, 11) is 0. The van der Waals surface area contributed by atoms with E-state index >= 15 is 4.79 Å². The number of alkyl carbamates (subject to hydrolysis) is 5. The van der Waals surface area contributed by atoms with Crippen molar-refractivity contribution in [3.8, 4) is 0 Å². The van der Waals surface area contributed by atoms with E-state index in [1.807, 2.05) is 0 Å². The molecule has 36 nitrogen and oxygen atoms in total. The number of carboxylic acid groups (broad SMARTS) is 1. The number of aliphatic carboxylic acids is 1. The molecule has 36 heteroatoms. The first-order valence-corrected chi connectivity index (χ1v) is 38.7. The number of hydrogen-bond acceptors (Lipinski definition) is 22. The van der Waals surface area contributed by atoms with E-state index in [1.165, 1.54) is 6.92 Å². The molecule has 6 aromatic carbocycles. The Labute approximate surface area is 688 Å². The summed E-state index contributed by atoms with van der Waals surface area (Å²) in [5.41, 5.74) is 9.73. The van der Waals surface area contributed by atoms with Crippen molar-refractivity contribution in [2.75, 3.05) is 32.7 Å². The molecule has 13 amide bonds. The topological polar surface area (TPSA) is 528 Å². The Kier molecular flexibility index (Phi) is 41.1. The van der Waals surface area contributed by atoms with Gasteiger partial charge in [0.1, 0.15) is 81.4 Å². The van der Waals surface area contributed by atoms with Gasteiger partial charge in [-0.05, 0) is 98.2 Å². The van der Waals surface area contributed by atoms with Crippen LogP contribution in [0, 0.1) is 5.92 Å². The second kappa shape index (κ2) is 51.7. The molecule has 0 fully saturated rings. The number of rotatable bonds is 48. The number of carbonyl (C=O) groups is 14.